The molecule has 0 atom stereocenters. The summed E-state index contributed by atoms with van der Waals surface area (Å²) in [6.07, 6.45) is 4.13. The van der Waals surface area contributed by atoms with Gasteiger partial charge in [-0.05, 0) is 50.7 Å². The molecule has 1 aliphatic rings. The maximum atomic E-state index is 12.6. The molecule has 1 saturated carbocycles. The molecule has 0 unspecified atom stereocenters. The molecule has 1 aromatic rings. The number of nitrogens with one attached hydrogen (secondary N) is 1. The van der Waals surface area contributed by atoms with Crippen LogP contribution in [0, 0.1) is 5.92 Å². The van der Waals surface area contributed by atoms with Crippen molar-refractivity contribution in [1.82, 2.24) is 5.32 Å². The fourth-order valence-electron chi connectivity index (χ4n) is 2.94. The minimum atomic E-state index is -0.261. The Morgan fingerprint density at radius 2 is 2.05 bits per heavy atom. The Morgan fingerprint density at radius 3 is 2.67 bits per heavy atom. The van der Waals surface area contributed by atoms with Gasteiger partial charge in [-0.1, -0.05) is 19.1 Å². The number of nitrogens with two attached hydrogens (primary N) is 1. The van der Waals surface area contributed by atoms with Gasteiger partial charge in [0, 0.05) is 6.54 Å². The van der Waals surface area contributed by atoms with Crippen molar-refractivity contribution in [3.8, 4) is 5.75 Å². The molecular formula is C17H26N2O2. The molecule has 0 spiro atoms. The van der Waals surface area contributed by atoms with Gasteiger partial charge in [0.05, 0.1) is 17.7 Å². The Balaban J connectivity index is 2.13. The number of hydrogen-bond donors (Lipinski definition) is 2. The number of carbonyl (C=O) groups excluding carboxylic acids is 1. The lowest BCUT2D eigenvalue weighted by Gasteiger charge is -2.39. The quantitative estimate of drug-likeness (QED) is 0.876. The molecule has 1 aromatic carbocycles. The SMILES string of the molecule is CCOc1ccccc1C(=O)NC1(CN)CCC(C)CC1. The first-order valence-corrected chi connectivity index (χ1v) is 7.84. The molecule has 3 N–H and O–H groups in total. The maximum absolute atomic E-state index is 12.6. The number of carbonyl (C=O) groups is 1. The van der Waals surface area contributed by atoms with Crippen molar-refractivity contribution in [2.75, 3.05) is 13.2 Å². The van der Waals surface area contributed by atoms with Crippen molar-refractivity contribution in [2.24, 2.45) is 11.7 Å². The van der Waals surface area contributed by atoms with Crippen LogP contribution in [-0.4, -0.2) is 24.6 Å². The molecule has 0 aromatic heterocycles. The molecule has 2 rings (SSSR count). The van der Waals surface area contributed by atoms with Crippen molar-refractivity contribution in [1.29, 1.82) is 0 Å². The van der Waals surface area contributed by atoms with E-state index in [0.717, 1.165) is 31.6 Å². The van der Waals surface area contributed by atoms with E-state index < -0.39 is 0 Å². The molecule has 0 aliphatic heterocycles. The number of para-hydroxylation sites is 1. The van der Waals surface area contributed by atoms with Crippen molar-refractivity contribution in [3.63, 3.8) is 0 Å². The second-order valence-electron chi connectivity index (χ2n) is 6.05. The topological polar surface area (TPSA) is 64.3 Å². The largest absolute Gasteiger partial charge is 0.493 e. The molecule has 0 bridgehead atoms. The number of amides is 1. The number of benzene rings is 1. The van der Waals surface area contributed by atoms with Crippen LogP contribution in [-0.2, 0) is 0 Å². The fraction of sp³-hybridized carbons (Fsp3) is 0.588. The average molecular weight is 290 g/mol. The molecule has 1 aliphatic carbocycles. The van der Waals surface area contributed by atoms with Crippen LogP contribution in [0.15, 0.2) is 24.3 Å². The number of ether oxygens (including phenoxy) is 1. The second kappa shape index (κ2) is 6.94. The van der Waals surface area contributed by atoms with E-state index in [1.165, 1.54) is 0 Å². The molecule has 0 heterocycles. The Hall–Kier alpha value is -1.55. The zero-order chi connectivity index (χ0) is 15.3. The summed E-state index contributed by atoms with van der Waals surface area (Å²) < 4.78 is 5.54. The second-order valence-corrected chi connectivity index (χ2v) is 6.05. The first-order valence-electron chi connectivity index (χ1n) is 7.84. The Kier molecular flexibility index (Phi) is 5.23. The van der Waals surface area contributed by atoms with Gasteiger partial charge in [-0.2, -0.15) is 0 Å². The van der Waals surface area contributed by atoms with Crippen LogP contribution >= 0.6 is 0 Å². The van der Waals surface area contributed by atoms with E-state index in [0.29, 0.717) is 24.5 Å². The van der Waals surface area contributed by atoms with Crippen LogP contribution in [0.5, 0.6) is 5.75 Å². The maximum Gasteiger partial charge on any atom is 0.255 e. The van der Waals surface area contributed by atoms with Crippen molar-refractivity contribution in [2.45, 2.75) is 45.1 Å². The molecule has 1 amide bonds. The lowest BCUT2D eigenvalue weighted by Crippen LogP contribution is -2.55. The normalized spacial score (nSPS) is 25.4. The van der Waals surface area contributed by atoms with E-state index in [4.69, 9.17) is 10.5 Å². The third kappa shape index (κ3) is 3.76. The van der Waals surface area contributed by atoms with Gasteiger partial charge in [0.1, 0.15) is 5.75 Å². The summed E-state index contributed by atoms with van der Waals surface area (Å²) in [4.78, 5) is 12.6. The van der Waals surface area contributed by atoms with E-state index >= 15 is 0 Å². The Bertz CT molecular complexity index is 479. The average Bonchev–Trinajstić information content (AvgIpc) is 2.51. The predicted octanol–water partition coefficient (Wildman–Crippen LogP) is 2.72. The lowest BCUT2D eigenvalue weighted by molar-refractivity contribution is 0.0856. The van der Waals surface area contributed by atoms with Crippen molar-refractivity contribution >= 4 is 5.91 Å². The molecule has 4 heteroatoms. The molecule has 0 saturated heterocycles. The van der Waals surface area contributed by atoms with Gasteiger partial charge in [0.15, 0.2) is 0 Å². The lowest BCUT2D eigenvalue weighted by atomic mass is 9.77. The highest BCUT2D eigenvalue weighted by Gasteiger charge is 2.34. The molecule has 0 radical (unpaired) electrons. The van der Waals surface area contributed by atoms with E-state index in [9.17, 15) is 4.79 Å². The van der Waals surface area contributed by atoms with Crippen LogP contribution in [0.1, 0.15) is 49.9 Å². The highest BCUT2D eigenvalue weighted by molar-refractivity contribution is 5.97. The third-order valence-electron chi connectivity index (χ3n) is 4.43. The summed E-state index contributed by atoms with van der Waals surface area (Å²) in [6.45, 7) is 5.21. The zero-order valence-corrected chi connectivity index (χ0v) is 13.0. The van der Waals surface area contributed by atoms with Crippen LogP contribution < -0.4 is 15.8 Å². The monoisotopic (exact) mass is 290 g/mol. The van der Waals surface area contributed by atoms with Crippen LogP contribution in [0.25, 0.3) is 0 Å². The first-order chi connectivity index (χ1) is 10.1. The zero-order valence-electron chi connectivity index (χ0n) is 13.0. The van der Waals surface area contributed by atoms with Gasteiger partial charge >= 0.3 is 0 Å². The van der Waals surface area contributed by atoms with Crippen LogP contribution in [0.3, 0.4) is 0 Å². The van der Waals surface area contributed by atoms with Gasteiger partial charge in [-0.25, -0.2) is 0 Å². The van der Waals surface area contributed by atoms with Crippen LogP contribution in [0.4, 0.5) is 0 Å². The smallest absolute Gasteiger partial charge is 0.255 e. The molecule has 21 heavy (non-hydrogen) atoms. The van der Waals surface area contributed by atoms with E-state index in [-0.39, 0.29) is 11.4 Å². The molecule has 116 valence electrons. The molecular weight excluding hydrogens is 264 g/mol. The van der Waals surface area contributed by atoms with Crippen LogP contribution in [0.2, 0.25) is 0 Å². The minimum Gasteiger partial charge on any atom is -0.493 e. The summed E-state index contributed by atoms with van der Waals surface area (Å²) in [5, 5.41) is 3.17. The Labute approximate surface area is 127 Å². The van der Waals surface area contributed by atoms with Crippen molar-refractivity contribution in [3.05, 3.63) is 29.8 Å². The van der Waals surface area contributed by atoms with Gasteiger partial charge in [-0.15, -0.1) is 0 Å². The number of rotatable bonds is 5. The summed E-state index contributed by atoms with van der Waals surface area (Å²) in [6, 6.07) is 7.37. The van der Waals surface area contributed by atoms with Gasteiger partial charge in [0.2, 0.25) is 0 Å². The Morgan fingerprint density at radius 1 is 1.38 bits per heavy atom. The van der Waals surface area contributed by atoms with E-state index in [1.54, 1.807) is 6.07 Å². The van der Waals surface area contributed by atoms with E-state index in [2.05, 4.69) is 12.2 Å². The predicted molar refractivity (Wildman–Crippen MR) is 84.5 cm³/mol. The molecule has 4 nitrogen and oxygen atoms in total. The van der Waals surface area contributed by atoms with Crippen molar-refractivity contribution < 1.29 is 9.53 Å². The summed E-state index contributed by atoms with van der Waals surface area (Å²) in [5.74, 6) is 1.27. The van der Waals surface area contributed by atoms with Gasteiger partial charge < -0.3 is 15.8 Å². The summed E-state index contributed by atoms with van der Waals surface area (Å²) in [5.41, 5.74) is 6.29. The highest BCUT2D eigenvalue weighted by Crippen LogP contribution is 2.32. The summed E-state index contributed by atoms with van der Waals surface area (Å²) in [7, 11) is 0. The van der Waals surface area contributed by atoms with E-state index in [1.807, 2.05) is 25.1 Å². The third-order valence-corrected chi connectivity index (χ3v) is 4.43. The molecule has 1 fully saturated rings. The van der Waals surface area contributed by atoms with Gasteiger partial charge in [0.25, 0.3) is 5.91 Å². The first kappa shape index (κ1) is 15.8. The fourth-order valence-corrected chi connectivity index (χ4v) is 2.94. The van der Waals surface area contributed by atoms with Gasteiger partial charge in [-0.3, -0.25) is 4.79 Å². The standard InChI is InChI=1S/C17H26N2O2/c1-3-21-15-7-5-4-6-14(15)16(20)19-17(12-18)10-8-13(2)9-11-17/h4-7,13H,3,8-12,18H2,1-2H3,(H,19,20). The highest BCUT2D eigenvalue weighted by atomic mass is 16.5. The number of hydrogen-bond acceptors (Lipinski definition) is 3. The summed E-state index contributed by atoms with van der Waals surface area (Å²) >= 11 is 0. The minimum absolute atomic E-state index is 0.0842.